The van der Waals surface area contributed by atoms with Crippen LogP contribution in [0.25, 0.3) is 0 Å². The normalized spacial score (nSPS) is 23.5. The summed E-state index contributed by atoms with van der Waals surface area (Å²) >= 11 is 6.08. The highest BCUT2D eigenvalue weighted by atomic mass is 35.5. The highest BCUT2D eigenvalue weighted by Gasteiger charge is 2.31. The lowest BCUT2D eigenvalue weighted by molar-refractivity contribution is 0.137. The van der Waals surface area contributed by atoms with Gasteiger partial charge in [-0.05, 0) is 49.9 Å². The van der Waals surface area contributed by atoms with Gasteiger partial charge in [0.2, 0.25) is 0 Å². The summed E-state index contributed by atoms with van der Waals surface area (Å²) in [5, 5.41) is 4.31. The summed E-state index contributed by atoms with van der Waals surface area (Å²) in [6.45, 7) is 11.3. The maximum Gasteiger partial charge on any atom is 0.0409 e. The number of hydrogen-bond acceptors (Lipinski definition) is 2. The van der Waals surface area contributed by atoms with Crippen molar-refractivity contribution in [2.45, 2.75) is 39.8 Å². The van der Waals surface area contributed by atoms with Crippen LogP contribution in [0, 0.1) is 5.41 Å². The van der Waals surface area contributed by atoms with E-state index in [-0.39, 0.29) is 0 Å². The predicted octanol–water partition coefficient (Wildman–Crippen LogP) is 3.55. The molecule has 1 N–H and O–H groups in total. The molecule has 1 aliphatic heterocycles. The molecule has 1 atom stereocenters. The van der Waals surface area contributed by atoms with Crippen molar-refractivity contribution in [2.75, 3.05) is 19.6 Å². The van der Waals surface area contributed by atoms with E-state index in [1.807, 2.05) is 12.1 Å². The van der Waals surface area contributed by atoms with Crippen LogP contribution in [0.2, 0.25) is 5.02 Å². The van der Waals surface area contributed by atoms with E-state index in [0.29, 0.717) is 11.5 Å². The second-order valence-electron chi connectivity index (χ2n) is 6.37. The van der Waals surface area contributed by atoms with Gasteiger partial charge in [0.15, 0.2) is 0 Å². The minimum Gasteiger partial charge on any atom is -0.316 e. The van der Waals surface area contributed by atoms with E-state index in [1.165, 1.54) is 12.0 Å². The zero-order chi connectivity index (χ0) is 13.9. The molecule has 1 aliphatic rings. The monoisotopic (exact) mass is 280 g/mol. The van der Waals surface area contributed by atoms with Crippen LogP contribution in [0.5, 0.6) is 0 Å². The third-order valence-electron chi connectivity index (χ3n) is 4.05. The average molecular weight is 281 g/mol. The van der Waals surface area contributed by atoms with Crippen LogP contribution in [0.1, 0.15) is 32.8 Å². The lowest BCUT2D eigenvalue weighted by Crippen LogP contribution is -2.40. The van der Waals surface area contributed by atoms with Crippen molar-refractivity contribution in [1.82, 2.24) is 10.2 Å². The number of benzene rings is 1. The molecule has 0 radical (unpaired) electrons. The van der Waals surface area contributed by atoms with Gasteiger partial charge in [0, 0.05) is 30.7 Å². The van der Waals surface area contributed by atoms with E-state index < -0.39 is 0 Å². The molecular formula is C16H25ClN2. The molecule has 0 saturated carbocycles. The fourth-order valence-corrected chi connectivity index (χ4v) is 3.00. The Kier molecular flexibility index (Phi) is 4.88. The van der Waals surface area contributed by atoms with Crippen molar-refractivity contribution in [3.8, 4) is 0 Å². The Morgan fingerprint density at radius 2 is 2.21 bits per heavy atom. The van der Waals surface area contributed by atoms with E-state index in [4.69, 9.17) is 11.6 Å². The van der Waals surface area contributed by atoms with Crippen LogP contribution in [-0.2, 0) is 6.54 Å². The van der Waals surface area contributed by atoms with Crippen LogP contribution in [0.15, 0.2) is 24.3 Å². The highest BCUT2D eigenvalue weighted by molar-refractivity contribution is 6.30. The van der Waals surface area contributed by atoms with Crippen molar-refractivity contribution >= 4 is 11.6 Å². The first-order valence-electron chi connectivity index (χ1n) is 7.18. The lowest BCUT2D eigenvalue weighted by atomic mass is 9.88. The smallest absolute Gasteiger partial charge is 0.0409 e. The maximum absolute atomic E-state index is 6.08. The second-order valence-corrected chi connectivity index (χ2v) is 6.80. The molecule has 0 bridgehead atoms. The van der Waals surface area contributed by atoms with Crippen molar-refractivity contribution < 1.29 is 0 Å². The summed E-state index contributed by atoms with van der Waals surface area (Å²) in [6.07, 6.45) is 1.27. The number of hydrogen-bond donors (Lipinski definition) is 1. The summed E-state index contributed by atoms with van der Waals surface area (Å²) in [4.78, 5) is 2.55. The van der Waals surface area contributed by atoms with E-state index in [1.54, 1.807) is 0 Å². The molecule has 106 valence electrons. The minimum atomic E-state index is 0.406. The van der Waals surface area contributed by atoms with E-state index in [9.17, 15) is 0 Å². The number of halogens is 1. The molecule has 1 aromatic carbocycles. The van der Waals surface area contributed by atoms with Crippen LogP contribution in [0.4, 0.5) is 0 Å². The molecule has 3 heteroatoms. The Balaban J connectivity index is 2.04. The maximum atomic E-state index is 6.08. The SMILES string of the molecule is CC(C)N(Cc1cccc(Cl)c1)CC1(C)CCNC1. The van der Waals surface area contributed by atoms with Gasteiger partial charge in [0.1, 0.15) is 0 Å². The van der Waals surface area contributed by atoms with Crippen LogP contribution >= 0.6 is 11.6 Å². The molecule has 0 aliphatic carbocycles. The van der Waals surface area contributed by atoms with E-state index in [2.05, 4.69) is 43.1 Å². The highest BCUT2D eigenvalue weighted by Crippen LogP contribution is 2.27. The van der Waals surface area contributed by atoms with Gasteiger partial charge in [-0.25, -0.2) is 0 Å². The zero-order valence-corrected chi connectivity index (χ0v) is 13.0. The number of rotatable bonds is 5. The Bertz CT molecular complexity index is 411. The third-order valence-corrected chi connectivity index (χ3v) is 4.28. The average Bonchev–Trinajstić information content (AvgIpc) is 2.75. The topological polar surface area (TPSA) is 15.3 Å². The van der Waals surface area contributed by atoms with Gasteiger partial charge >= 0.3 is 0 Å². The predicted molar refractivity (Wildman–Crippen MR) is 82.6 cm³/mol. The van der Waals surface area contributed by atoms with E-state index >= 15 is 0 Å². The van der Waals surface area contributed by atoms with Gasteiger partial charge in [0.05, 0.1) is 0 Å². The molecular weight excluding hydrogens is 256 g/mol. The first kappa shape index (κ1) is 14.8. The minimum absolute atomic E-state index is 0.406. The summed E-state index contributed by atoms with van der Waals surface area (Å²) in [5.41, 5.74) is 1.71. The van der Waals surface area contributed by atoms with Crippen molar-refractivity contribution in [2.24, 2.45) is 5.41 Å². The third kappa shape index (κ3) is 4.20. The molecule has 0 spiro atoms. The van der Waals surface area contributed by atoms with E-state index in [0.717, 1.165) is 31.2 Å². The van der Waals surface area contributed by atoms with Gasteiger partial charge in [-0.1, -0.05) is 30.7 Å². The largest absolute Gasteiger partial charge is 0.316 e. The molecule has 0 aromatic heterocycles. The van der Waals surface area contributed by atoms with Gasteiger partial charge < -0.3 is 5.32 Å². The van der Waals surface area contributed by atoms with Crippen molar-refractivity contribution in [3.63, 3.8) is 0 Å². The number of nitrogens with zero attached hydrogens (tertiary/aromatic N) is 1. The fourth-order valence-electron chi connectivity index (χ4n) is 2.78. The van der Waals surface area contributed by atoms with Gasteiger partial charge in [0.25, 0.3) is 0 Å². The number of nitrogens with one attached hydrogen (secondary N) is 1. The Morgan fingerprint density at radius 3 is 2.79 bits per heavy atom. The fraction of sp³-hybridized carbons (Fsp3) is 0.625. The second kappa shape index (κ2) is 6.25. The summed E-state index contributed by atoms with van der Waals surface area (Å²) in [6, 6.07) is 8.77. The first-order chi connectivity index (χ1) is 8.98. The molecule has 1 heterocycles. The Hall–Kier alpha value is -0.570. The van der Waals surface area contributed by atoms with Crippen LogP contribution < -0.4 is 5.32 Å². The first-order valence-corrected chi connectivity index (χ1v) is 7.55. The quantitative estimate of drug-likeness (QED) is 0.887. The Labute approximate surface area is 122 Å². The van der Waals surface area contributed by atoms with Crippen molar-refractivity contribution in [1.29, 1.82) is 0 Å². The summed E-state index contributed by atoms with van der Waals surface area (Å²) < 4.78 is 0. The van der Waals surface area contributed by atoms with Gasteiger partial charge in [-0.3, -0.25) is 4.90 Å². The summed E-state index contributed by atoms with van der Waals surface area (Å²) in [7, 11) is 0. The zero-order valence-electron chi connectivity index (χ0n) is 12.2. The molecule has 1 fully saturated rings. The molecule has 1 saturated heterocycles. The molecule has 1 unspecified atom stereocenters. The van der Waals surface area contributed by atoms with Crippen molar-refractivity contribution in [3.05, 3.63) is 34.9 Å². The molecule has 2 nitrogen and oxygen atoms in total. The molecule has 2 rings (SSSR count). The van der Waals surface area contributed by atoms with Crippen LogP contribution in [0.3, 0.4) is 0 Å². The summed E-state index contributed by atoms with van der Waals surface area (Å²) in [5.74, 6) is 0. The van der Waals surface area contributed by atoms with Gasteiger partial charge in [-0.2, -0.15) is 0 Å². The molecule has 1 aromatic rings. The van der Waals surface area contributed by atoms with Crippen LogP contribution in [-0.4, -0.2) is 30.6 Å². The molecule has 19 heavy (non-hydrogen) atoms. The molecule has 0 amide bonds. The van der Waals surface area contributed by atoms with Gasteiger partial charge in [-0.15, -0.1) is 0 Å². The lowest BCUT2D eigenvalue weighted by Gasteiger charge is -2.34. The standard InChI is InChI=1S/C16H25ClN2/c1-13(2)19(12-16(3)7-8-18-11-16)10-14-5-4-6-15(17)9-14/h4-6,9,13,18H,7-8,10-12H2,1-3H3. The Morgan fingerprint density at radius 1 is 1.42 bits per heavy atom.